The normalized spacial score (nSPS) is 11.9. The minimum absolute atomic E-state index is 0.658. The van der Waals surface area contributed by atoms with E-state index in [0.29, 0.717) is 11.9 Å². The molecule has 0 aliphatic heterocycles. The van der Waals surface area contributed by atoms with Gasteiger partial charge in [-0.05, 0) is 114 Å². The molecule has 0 N–H and O–H groups in total. The molecule has 14 aromatic carbocycles. The van der Waals surface area contributed by atoms with Crippen LogP contribution in [0.1, 0.15) is 0 Å². The molecule has 0 saturated carbocycles. The molecule has 8 nitrogen and oxygen atoms in total. The fraction of sp³-hybridized carbons (Fsp3) is 0. The zero-order valence-corrected chi connectivity index (χ0v) is 53.0. The smallest absolute Gasteiger partial charge is 0.235 e. The van der Waals surface area contributed by atoms with Crippen LogP contribution in [0, 0.1) is 0 Å². The van der Waals surface area contributed by atoms with Gasteiger partial charge >= 0.3 is 0 Å². The molecule has 0 bridgehead atoms. The van der Waals surface area contributed by atoms with Crippen LogP contribution in [-0.2, 0) is 0 Å². The van der Waals surface area contributed by atoms with E-state index < -0.39 is 0 Å². The average molecular weight is 1260 g/mol. The van der Waals surface area contributed by atoms with Crippen molar-refractivity contribution in [2.24, 2.45) is 0 Å². The average Bonchev–Trinajstić information content (AvgIpc) is 1.56. The Kier molecular flexibility index (Phi) is 12.3. The van der Waals surface area contributed by atoms with E-state index in [1.54, 1.807) is 0 Å². The van der Waals surface area contributed by atoms with Crippen molar-refractivity contribution in [1.29, 1.82) is 0 Å². The van der Waals surface area contributed by atoms with E-state index in [9.17, 15) is 0 Å². The number of fused-ring (bicyclic) bond motifs is 17. The van der Waals surface area contributed by atoms with Crippen molar-refractivity contribution < 1.29 is 0 Å². The Hall–Kier alpha value is -12.8. The lowest BCUT2D eigenvalue weighted by Crippen LogP contribution is -2.03. The molecule has 97 heavy (non-hydrogen) atoms. The van der Waals surface area contributed by atoms with Crippen LogP contribution < -0.4 is 0 Å². The maximum Gasteiger partial charge on any atom is 0.235 e. The van der Waals surface area contributed by atoms with Crippen LogP contribution in [0.25, 0.3) is 186 Å². The predicted octanol–water partition coefficient (Wildman–Crippen LogP) is 23.0. The molecule has 7 heterocycles. The Morgan fingerprint density at radius 3 is 1.03 bits per heavy atom. The summed E-state index contributed by atoms with van der Waals surface area (Å²) in [6, 6.07) is 117. The molecular formula is C88H54N8S. The minimum Gasteiger partial charge on any atom is -0.309 e. The van der Waals surface area contributed by atoms with E-state index in [1.807, 2.05) is 11.3 Å². The number of thiophene rings is 1. The fourth-order valence-corrected chi connectivity index (χ4v) is 16.3. The topological polar surface area (TPSA) is 71.3 Å². The summed E-state index contributed by atoms with van der Waals surface area (Å²) in [5.74, 6) is 1.33. The first-order chi connectivity index (χ1) is 48.1. The fourth-order valence-electron chi connectivity index (χ4n) is 15.1. The third-order valence-electron chi connectivity index (χ3n) is 19.4. The summed E-state index contributed by atoms with van der Waals surface area (Å²) in [4.78, 5) is 21.3. The highest BCUT2D eigenvalue weighted by molar-refractivity contribution is 7.25. The highest BCUT2D eigenvalue weighted by Crippen LogP contribution is 2.44. The monoisotopic (exact) mass is 1250 g/mol. The van der Waals surface area contributed by atoms with Gasteiger partial charge in [0.2, 0.25) is 11.9 Å². The lowest BCUT2D eigenvalue weighted by Gasteiger charge is -2.13. The maximum absolute atomic E-state index is 5.42. The second kappa shape index (κ2) is 21.9. The Labute approximate surface area is 559 Å². The van der Waals surface area contributed by atoms with Crippen molar-refractivity contribution in [3.8, 4) is 56.9 Å². The maximum atomic E-state index is 5.42. The first-order valence-corrected chi connectivity index (χ1v) is 33.6. The van der Waals surface area contributed by atoms with E-state index in [-0.39, 0.29) is 0 Å². The third-order valence-corrected chi connectivity index (χ3v) is 20.6. The van der Waals surface area contributed by atoms with Crippen LogP contribution in [0.4, 0.5) is 0 Å². The Balaban J connectivity index is 0.000000132. The lowest BCUT2D eigenvalue weighted by atomic mass is 10.00. The molecule has 0 aliphatic carbocycles. The number of para-hydroxylation sites is 8. The van der Waals surface area contributed by atoms with Gasteiger partial charge in [-0.25, -0.2) is 19.9 Å². The molecule has 452 valence electrons. The largest absolute Gasteiger partial charge is 0.309 e. The molecule has 9 heteroatoms. The van der Waals surface area contributed by atoms with E-state index in [2.05, 4.69) is 346 Å². The molecule has 0 amide bonds. The standard InChI is InChI=1S/C44H26N4S.C44H28N4/c1-2-12-28(13-3-1)47-37-19-9-5-14-29(37)34-26-40-35(25-39(34)47)30-15-6-10-20-38(30)48(40)44-45-36-18-8-4-17-33(36)43(46-44)27-22-23-32-31-16-7-11-21-41(31)49-42(32)24-27;1-3-14-29(15-4-1)30-16-13-17-31(26-30)43-35-22-7-10-23-38(35)45-44(46-43)48-40-25-12-9-21-34(40)37-27-41-36(28-42(37)48)33-20-8-11-24-39(33)47(41)32-18-5-2-6-19-32/h1-26H;1-28H. The Bertz CT molecular complexity index is 6760. The van der Waals surface area contributed by atoms with Crippen LogP contribution in [0.5, 0.6) is 0 Å². The molecule has 7 aromatic heterocycles. The quantitative estimate of drug-likeness (QED) is 0.159. The first kappa shape index (κ1) is 54.7. The molecule has 0 aliphatic rings. The summed E-state index contributed by atoms with van der Waals surface area (Å²) < 4.78 is 11.8. The number of nitrogens with zero attached hydrogens (tertiary/aromatic N) is 8. The van der Waals surface area contributed by atoms with Crippen molar-refractivity contribution in [3.05, 3.63) is 328 Å². The first-order valence-electron chi connectivity index (χ1n) is 32.8. The van der Waals surface area contributed by atoms with E-state index >= 15 is 0 Å². The second-order valence-electron chi connectivity index (χ2n) is 24.9. The highest BCUT2D eigenvalue weighted by atomic mass is 32.1. The molecule has 0 fully saturated rings. The van der Waals surface area contributed by atoms with Gasteiger partial charge in [0.15, 0.2) is 0 Å². The van der Waals surface area contributed by atoms with Crippen molar-refractivity contribution >= 4 is 141 Å². The molecule has 0 unspecified atom stereocenters. The van der Waals surface area contributed by atoms with Crippen molar-refractivity contribution in [1.82, 2.24) is 38.2 Å². The van der Waals surface area contributed by atoms with Crippen molar-refractivity contribution in [2.45, 2.75) is 0 Å². The van der Waals surface area contributed by atoms with Gasteiger partial charge in [-0.1, -0.05) is 224 Å². The Morgan fingerprint density at radius 1 is 0.196 bits per heavy atom. The molecule has 21 rings (SSSR count). The second-order valence-corrected chi connectivity index (χ2v) is 26.0. The van der Waals surface area contributed by atoms with Gasteiger partial charge in [0.1, 0.15) is 0 Å². The summed E-state index contributed by atoms with van der Waals surface area (Å²) in [5, 5.41) is 14.2. The zero-order valence-electron chi connectivity index (χ0n) is 52.2. The number of rotatable bonds is 7. The summed E-state index contributed by atoms with van der Waals surface area (Å²) >= 11 is 1.83. The van der Waals surface area contributed by atoms with Gasteiger partial charge in [-0.3, -0.25) is 9.13 Å². The number of aromatic nitrogens is 8. The number of hydrogen-bond donors (Lipinski definition) is 0. The molecule has 0 spiro atoms. The van der Waals surface area contributed by atoms with Gasteiger partial charge in [-0.2, -0.15) is 0 Å². The Morgan fingerprint density at radius 2 is 0.546 bits per heavy atom. The van der Waals surface area contributed by atoms with Crippen LogP contribution in [0.2, 0.25) is 0 Å². The molecule has 21 aromatic rings. The van der Waals surface area contributed by atoms with E-state index in [0.717, 1.165) is 83.3 Å². The van der Waals surface area contributed by atoms with Crippen molar-refractivity contribution in [2.75, 3.05) is 0 Å². The number of benzene rings is 14. The lowest BCUT2D eigenvalue weighted by molar-refractivity contribution is 1.01. The SMILES string of the molecule is c1ccc(-c2cccc(-c3nc(-n4c5ccccc5c5cc6c(cc54)c4ccccc4n6-c4ccccc4)nc4ccccc34)c2)cc1.c1ccc(-n2c3ccccc3c3cc4c(cc32)c2ccccc2n4-c2nc(-c3ccc4c(c3)sc3ccccc34)c3ccccc3n2)cc1. The predicted molar refractivity (Wildman–Crippen MR) is 406 cm³/mol. The summed E-state index contributed by atoms with van der Waals surface area (Å²) in [6.45, 7) is 0. The summed E-state index contributed by atoms with van der Waals surface area (Å²) in [5.41, 5.74) is 19.5. The van der Waals surface area contributed by atoms with Crippen LogP contribution in [0.15, 0.2) is 328 Å². The molecular weight excluding hydrogens is 1200 g/mol. The van der Waals surface area contributed by atoms with Crippen molar-refractivity contribution in [3.63, 3.8) is 0 Å². The highest BCUT2D eigenvalue weighted by Gasteiger charge is 2.24. The number of hydrogen-bond acceptors (Lipinski definition) is 5. The molecule has 0 saturated heterocycles. The van der Waals surface area contributed by atoms with E-state index in [1.165, 1.54) is 90.9 Å². The van der Waals surface area contributed by atoms with Gasteiger partial charge in [0.05, 0.1) is 66.6 Å². The molecule has 0 atom stereocenters. The van der Waals surface area contributed by atoms with Gasteiger partial charge < -0.3 is 9.13 Å². The molecule has 0 radical (unpaired) electrons. The van der Waals surface area contributed by atoms with Gasteiger partial charge in [0, 0.05) is 96.5 Å². The summed E-state index contributed by atoms with van der Waals surface area (Å²) in [6.07, 6.45) is 0. The van der Waals surface area contributed by atoms with Gasteiger partial charge in [-0.15, -0.1) is 11.3 Å². The van der Waals surface area contributed by atoms with Gasteiger partial charge in [0.25, 0.3) is 0 Å². The summed E-state index contributed by atoms with van der Waals surface area (Å²) in [7, 11) is 0. The van der Waals surface area contributed by atoms with E-state index in [4.69, 9.17) is 19.9 Å². The zero-order chi connectivity index (χ0) is 63.7. The third kappa shape index (κ3) is 8.69. The van der Waals surface area contributed by atoms with Crippen LogP contribution >= 0.6 is 11.3 Å². The van der Waals surface area contributed by atoms with Crippen LogP contribution in [-0.4, -0.2) is 38.2 Å². The minimum atomic E-state index is 0.658. The van der Waals surface area contributed by atoms with Crippen LogP contribution in [0.3, 0.4) is 0 Å².